The zero-order chi connectivity index (χ0) is 14.8. The quantitative estimate of drug-likeness (QED) is 0.816. The van der Waals surface area contributed by atoms with Crippen LogP contribution in [0, 0.1) is 0 Å². The Hall–Kier alpha value is -1.85. The normalized spacial score (nSPS) is 20.8. The van der Waals surface area contributed by atoms with E-state index in [9.17, 15) is 5.11 Å². The molecule has 0 aliphatic carbocycles. The zero-order valence-corrected chi connectivity index (χ0v) is 12.3. The molecule has 1 aromatic heterocycles. The number of aromatic nitrogens is 2. The van der Waals surface area contributed by atoms with Crippen LogP contribution in [0.25, 0.3) is 0 Å². The van der Waals surface area contributed by atoms with Gasteiger partial charge in [-0.1, -0.05) is 12.1 Å². The molecule has 0 spiro atoms. The number of H-pyrrole nitrogens is 1. The van der Waals surface area contributed by atoms with Crippen molar-refractivity contribution in [2.24, 2.45) is 0 Å². The second-order valence-electron chi connectivity index (χ2n) is 5.72. The summed E-state index contributed by atoms with van der Waals surface area (Å²) in [6, 6.07) is 8.70. The molecule has 1 N–H and O–H groups in total. The summed E-state index contributed by atoms with van der Waals surface area (Å²) in [5.41, 5.74) is 3.38. The lowest BCUT2D eigenvalue weighted by atomic mass is 10.1. The van der Waals surface area contributed by atoms with E-state index in [2.05, 4.69) is 40.8 Å². The van der Waals surface area contributed by atoms with E-state index in [1.807, 2.05) is 18.3 Å². The number of imidazole rings is 1. The molecule has 1 aliphatic heterocycles. The van der Waals surface area contributed by atoms with Gasteiger partial charge >= 0.3 is 0 Å². The Balaban J connectivity index is 1.76. The number of anilines is 1. The highest BCUT2D eigenvalue weighted by molar-refractivity contribution is 5.49. The van der Waals surface area contributed by atoms with Gasteiger partial charge in [-0.25, -0.2) is 4.98 Å². The third kappa shape index (κ3) is 3.43. The lowest BCUT2D eigenvalue weighted by molar-refractivity contribution is -0.412. The Labute approximate surface area is 124 Å². The molecule has 112 valence electrons. The molecule has 2 aromatic rings. The molecule has 0 bridgehead atoms. The first-order valence-electron chi connectivity index (χ1n) is 7.27. The lowest BCUT2D eigenvalue weighted by Gasteiger charge is -2.29. The Kier molecular flexibility index (Phi) is 3.94. The van der Waals surface area contributed by atoms with E-state index in [4.69, 9.17) is 4.74 Å². The van der Waals surface area contributed by atoms with Crippen LogP contribution in [0.15, 0.2) is 36.8 Å². The second-order valence-corrected chi connectivity index (χ2v) is 5.72. The van der Waals surface area contributed by atoms with Gasteiger partial charge in [0.15, 0.2) is 0 Å². The third-order valence-corrected chi connectivity index (χ3v) is 3.73. The summed E-state index contributed by atoms with van der Waals surface area (Å²) >= 11 is 0. The average Bonchev–Trinajstić information content (AvgIpc) is 2.93. The Bertz CT molecular complexity index is 583. The number of epoxide rings is 1. The summed E-state index contributed by atoms with van der Waals surface area (Å²) < 4.78 is 4.97. The first-order chi connectivity index (χ1) is 10.1. The van der Waals surface area contributed by atoms with Gasteiger partial charge in [-0.3, -0.25) is 0 Å². The maximum absolute atomic E-state index is 11.1. The van der Waals surface area contributed by atoms with Crippen molar-refractivity contribution in [1.29, 1.82) is 0 Å². The molecule has 3 rings (SSSR count). The summed E-state index contributed by atoms with van der Waals surface area (Å²) in [6.07, 6.45) is 3.25. The minimum Gasteiger partial charge on any atom is -0.829 e. The van der Waals surface area contributed by atoms with Crippen LogP contribution in [0.2, 0.25) is 0 Å². The van der Waals surface area contributed by atoms with Gasteiger partial charge in [0.1, 0.15) is 0 Å². The highest BCUT2D eigenvalue weighted by atomic mass is 16.7. The maximum atomic E-state index is 11.1. The van der Waals surface area contributed by atoms with Gasteiger partial charge in [0, 0.05) is 24.2 Å². The third-order valence-electron chi connectivity index (χ3n) is 3.73. The number of nitrogens with zero attached hydrogens (tertiary/aromatic N) is 2. The predicted molar refractivity (Wildman–Crippen MR) is 78.7 cm³/mol. The summed E-state index contributed by atoms with van der Waals surface area (Å²) in [4.78, 5) is 9.51. The lowest BCUT2D eigenvalue weighted by Crippen LogP contribution is -2.30. The van der Waals surface area contributed by atoms with Crippen molar-refractivity contribution in [3.63, 3.8) is 0 Å². The molecule has 1 fully saturated rings. The van der Waals surface area contributed by atoms with Crippen LogP contribution < -0.4 is 10.0 Å². The molecule has 0 amide bonds. The zero-order valence-electron chi connectivity index (χ0n) is 12.3. The first-order valence-corrected chi connectivity index (χ1v) is 7.27. The molecule has 5 heteroatoms. The molecule has 0 saturated carbocycles. The molecular formula is C16H20N3O2-. The molecule has 1 aromatic carbocycles. The van der Waals surface area contributed by atoms with Crippen molar-refractivity contribution in [2.75, 3.05) is 4.90 Å². The minimum atomic E-state index is -0.833. The summed E-state index contributed by atoms with van der Waals surface area (Å²) in [5.74, 6) is 0. The van der Waals surface area contributed by atoms with E-state index in [1.54, 1.807) is 6.33 Å². The van der Waals surface area contributed by atoms with Gasteiger partial charge in [-0.15, -0.1) is 0 Å². The van der Waals surface area contributed by atoms with Crippen LogP contribution in [0.5, 0.6) is 0 Å². The average molecular weight is 286 g/mol. The van der Waals surface area contributed by atoms with E-state index in [0.717, 1.165) is 23.5 Å². The van der Waals surface area contributed by atoms with Crippen LogP contribution >= 0.6 is 0 Å². The van der Waals surface area contributed by atoms with Gasteiger partial charge in [0.05, 0.1) is 24.7 Å². The summed E-state index contributed by atoms with van der Waals surface area (Å²) in [7, 11) is 0. The van der Waals surface area contributed by atoms with Crippen LogP contribution in [-0.4, -0.2) is 28.4 Å². The van der Waals surface area contributed by atoms with Crippen molar-refractivity contribution < 1.29 is 9.84 Å². The number of nitrogens with one attached hydrogen (secondary N) is 1. The molecule has 1 saturated heterocycles. The number of hydrogen-bond acceptors (Lipinski definition) is 4. The van der Waals surface area contributed by atoms with Crippen molar-refractivity contribution >= 4 is 5.69 Å². The number of ether oxygens (including phenoxy) is 1. The highest BCUT2D eigenvalue weighted by Crippen LogP contribution is 2.25. The molecule has 5 nitrogen and oxygen atoms in total. The number of hydrogen-bond donors (Lipinski definition) is 1. The summed E-state index contributed by atoms with van der Waals surface area (Å²) in [6.45, 7) is 5.12. The van der Waals surface area contributed by atoms with Gasteiger partial charge in [0.2, 0.25) is 0 Å². The molecule has 0 radical (unpaired) electrons. The van der Waals surface area contributed by atoms with Gasteiger partial charge in [-0.2, -0.15) is 0 Å². The van der Waals surface area contributed by atoms with E-state index in [-0.39, 0.29) is 6.10 Å². The van der Waals surface area contributed by atoms with Crippen molar-refractivity contribution in [3.05, 3.63) is 48.0 Å². The van der Waals surface area contributed by atoms with Crippen LogP contribution in [0.4, 0.5) is 5.69 Å². The molecular weight excluding hydrogens is 266 g/mol. The topological polar surface area (TPSA) is 67.5 Å². The Morgan fingerprint density at radius 1 is 1.43 bits per heavy atom. The molecule has 2 heterocycles. The van der Waals surface area contributed by atoms with E-state index in [0.29, 0.717) is 12.5 Å². The van der Waals surface area contributed by atoms with E-state index < -0.39 is 6.29 Å². The monoisotopic (exact) mass is 286 g/mol. The number of benzene rings is 1. The number of aromatic amines is 1. The minimum absolute atomic E-state index is 0.152. The fraction of sp³-hybridized carbons (Fsp3) is 0.438. The smallest absolute Gasteiger partial charge is 0.0922 e. The standard InChI is InChI=1S/C16H20N3O2/c1-11(2)19(9-13-8-17-10-18-13)14-5-3-4-12(6-14)7-15-16(20)21-15/h3-6,8,10-11,15-16H,7,9H2,1-2H3,(H,17,18)/q-1. The van der Waals surface area contributed by atoms with Crippen LogP contribution in [0.1, 0.15) is 25.1 Å². The fourth-order valence-electron chi connectivity index (χ4n) is 2.49. The first kappa shape index (κ1) is 14.1. The van der Waals surface area contributed by atoms with E-state index in [1.165, 1.54) is 0 Å². The molecule has 2 atom stereocenters. The molecule has 21 heavy (non-hydrogen) atoms. The van der Waals surface area contributed by atoms with Gasteiger partial charge in [0.25, 0.3) is 0 Å². The van der Waals surface area contributed by atoms with Crippen LogP contribution in [0.3, 0.4) is 0 Å². The number of rotatable bonds is 6. The van der Waals surface area contributed by atoms with Crippen molar-refractivity contribution in [3.8, 4) is 0 Å². The fourth-order valence-corrected chi connectivity index (χ4v) is 2.49. The van der Waals surface area contributed by atoms with E-state index >= 15 is 0 Å². The largest absolute Gasteiger partial charge is 0.829 e. The van der Waals surface area contributed by atoms with Crippen LogP contribution in [-0.2, 0) is 17.7 Å². The Morgan fingerprint density at radius 2 is 2.24 bits per heavy atom. The molecule has 2 unspecified atom stereocenters. The maximum Gasteiger partial charge on any atom is 0.0922 e. The Morgan fingerprint density at radius 3 is 2.86 bits per heavy atom. The highest BCUT2D eigenvalue weighted by Gasteiger charge is 2.28. The van der Waals surface area contributed by atoms with Gasteiger partial charge in [-0.05, 0) is 38.0 Å². The van der Waals surface area contributed by atoms with Crippen molar-refractivity contribution in [1.82, 2.24) is 9.97 Å². The molecule has 1 aliphatic rings. The predicted octanol–water partition coefficient (Wildman–Crippen LogP) is 1.45. The SMILES string of the molecule is CC(C)N(Cc1cnc[nH]1)c1cccc(CC2OC2[O-])c1. The second kappa shape index (κ2) is 5.87. The van der Waals surface area contributed by atoms with Crippen molar-refractivity contribution in [2.45, 2.75) is 45.2 Å². The summed E-state index contributed by atoms with van der Waals surface area (Å²) in [5, 5.41) is 11.1. The van der Waals surface area contributed by atoms with Gasteiger partial charge < -0.3 is 19.7 Å².